The fourth-order valence-corrected chi connectivity index (χ4v) is 5.91. The second kappa shape index (κ2) is 19.0. The highest BCUT2D eigenvalue weighted by Crippen LogP contribution is 2.31. The van der Waals surface area contributed by atoms with Gasteiger partial charge in [0, 0.05) is 23.2 Å². The van der Waals surface area contributed by atoms with Gasteiger partial charge in [0.25, 0.3) is 0 Å². The van der Waals surface area contributed by atoms with Gasteiger partial charge < -0.3 is 5.43 Å². The first-order valence-electron chi connectivity index (χ1n) is 14.0. The summed E-state index contributed by atoms with van der Waals surface area (Å²) in [5.41, 5.74) is 12.0. The summed E-state index contributed by atoms with van der Waals surface area (Å²) in [6.45, 7) is 20.6. The monoisotopic (exact) mass is 555 g/mol. The minimum Gasteiger partial charge on any atom is -0.325 e. The van der Waals surface area contributed by atoms with Crippen LogP contribution in [-0.2, 0) is 0 Å². The third-order valence-corrected chi connectivity index (χ3v) is 8.24. The molecule has 7 heteroatoms. The minimum absolute atomic E-state index is 0.111. The molecule has 1 saturated heterocycles. The molecule has 2 atom stereocenters. The molecule has 0 aliphatic carbocycles. The third kappa shape index (κ3) is 11.3. The average Bonchev–Trinajstić information content (AvgIpc) is 3.55. The van der Waals surface area contributed by atoms with E-state index in [2.05, 4.69) is 75.3 Å². The van der Waals surface area contributed by atoms with E-state index in [0.717, 1.165) is 45.6 Å². The van der Waals surface area contributed by atoms with Crippen LogP contribution in [-0.4, -0.2) is 22.2 Å². The maximum atomic E-state index is 9.21. The Morgan fingerprint density at radius 2 is 1.92 bits per heavy atom. The molecular formula is C31H49N5S2. The molecule has 0 radical (unpaired) electrons. The van der Waals surface area contributed by atoms with Crippen LogP contribution in [0.15, 0.2) is 57.7 Å². The fourth-order valence-electron chi connectivity index (χ4n) is 3.75. The lowest BCUT2D eigenvalue weighted by molar-refractivity contribution is 0.475. The summed E-state index contributed by atoms with van der Waals surface area (Å²) in [6.07, 6.45) is 11.9. The Bertz CT molecular complexity index is 1020. The first-order chi connectivity index (χ1) is 18.3. The number of thioether (sulfide) groups is 1. The summed E-state index contributed by atoms with van der Waals surface area (Å²) >= 11 is 3.72. The molecule has 0 spiro atoms. The number of aliphatic imine (C=N–C) groups is 1. The molecule has 0 amide bonds. The highest BCUT2D eigenvalue weighted by Gasteiger charge is 2.26. The van der Waals surface area contributed by atoms with E-state index < -0.39 is 0 Å². The lowest BCUT2D eigenvalue weighted by atomic mass is 10.0. The van der Waals surface area contributed by atoms with Crippen molar-refractivity contribution in [2.24, 2.45) is 16.8 Å². The number of thiazole rings is 1. The van der Waals surface area contributed by atoms with Crippen molar-refractivity contribution in [2.75, 3.05) is 11.5 Å². The molecule has 0 aromatic carbocycles. The summed E-state index contributed by atoms with van der Waals surface area (Å²) in [7, 11) is 0. The predicted molar refractivity (Wildman–Crippen MR) is 169 cm³/mol. The van der Waals surface area contributed by atoms with Gasteiger partial charge in [-0.1, -0.05) is 65.7 Å². The number of nitriles is 1. The van der Waals surface area contributed by atoms with Crippen LogP contribution in [0.4, 0.5) is 0 Å². The molecule has 2 unspecified atom stereocenters. The predicted octanol–water partition coefficient (Wildman–Crippen LogP) is 8.92. The van der Waals surface area contributed by atoms with E-state index in [9.17, 15) is 5.26 Å². The molecule has 210 valence electrons. The Morgan fingerprint density at radius 1 is 1.26 bits per heavy atom. The first kappa shape index (κ1) is 33.9. The van der Waals surface area contributed by atoms with E-state index in [1.54, 1.807) is 17.4 Å². The fraction of sp³-hybridized carbons (Fsp3) is 0.581. The molecular weight excluding hydrogens is 507 g/mol. The van der Waals surface area contributed by atoms with E-state index in [-0.39, 0.29) is 6.04 Å². The second-order valence-corrected chi connectivity index (χ2v) is 12.1. The Labute approximate surface area is 240 Å². The van der Waals surface area contributed by atoms with Gasteiger partial charge in [-0.25, -0.2) is 10.4 Å². The van der Waals surface area contributed by atoms with Crippen molar-refractivity contribution in [1.82, 2.24) is 15.8 Å². The highest BCUT2D eigenvalue weighted by atomic mass is 32.2. The molecule has 38 heavy (non-hydrogen) atoms. The molecule has 3 rings (SSSR count). The van der Waals surface area contributed by atoms with Crippen LogP contribution in [0.2, 0.25) is 0 Å². The van der Waals surface area contributed by atoms with Crippen LogP contribution in [0, 0.1) is 23.2 Å². The second-order valence-electron chi connectivity index (χ2n) is 9.98. The molecule has 0 bridgehead atoms. The van der Waals surface area contributed by atoms with Gasteiger partial charge in [-0.3, -0.25) is 4.99 Å². The van der Waals surface area contributed by atoms with Gasteiger partial charge >= 0.3 is 0 Å². The van der Waals surface area contributed by atoms with Gasteiger partial charge in [-0.05, 0) is 69.1 Å². The van der Waals surface area contributed by atoms with Crippen molar-refractivity contribution in [2.45, 2.75) is 93.5 Å². The molecule has 0 saturated carbocycles. The van der Waals surface area contributed by atoms with Crippen LogP contribution in [0.1, 0.15) is 104 Å². The lowest BCUT2D eigenvalue weighted by Gasteiger charge is -2.18. The number of hydrogen-bond donors (Lipinski definition) is 2. The van der Waals surface area contributed by atoms with Crippen molar-refractivity contribution < 1.29 is 0 Å². The number of hydrogen-bond acceptors (Lipinski definition) is 7. The average molecular weight is 556 g/mol. The maximum absolute atomic E-state index is 9.21. The third-order valence-electron chi connectivity index (χ3n) is 6.30. The van der Waals surface area contributed by atoms with E-state index in [0.29, 0.717) is 11.5 Å². The summed E-state index contributed by atoms with van der Waals surface area (Å²) < 4.78 is 0. The Balaban J connectivity index is 0.000000545. The minimum atomic E-state index is -0.111. The van der Waals surface area contributed by atoms with E-state index >= 15 is 0 Å². The molecule has 2 aliphatic heterocycles. The van der Waals surface area contributed by atoms with Crippen LogP contribution in [0.3, 0.4) is 0 Å². The number of rotatable bonds is 8. The number of nitrogens with zero attached hydrogens (tertiary/aromatic N) is 3. The van der Waals surface area contributed by atoms with Gasteiger partial charge in [0.05, 0.1) is 29.1 Å². The number of hydrazine groups is 1. The Morgan fingerprint density at radius 3 is 2.42 bits per heavy atom. The molecule has 2 N–H and O–H groups in total. The van der Waals surface area contributed by atoms with Crippen LogP contribution < -0.4 is 10.9 Å². The zero-order valence-corrected chi connectivity index (χ0v) is 26.5. The van der Waals surface area contributed by atoms with Crippen molar-refractivity contribution >= 4 is 28.8 Å². The molecule has 1 aromatic heterocycles. The maximum Gasteiger partial charge on any atom is 0.138 e. The van der Waals surface area contributed by atoms with Crippen LogP contribution in [0.25, 0.3) is 0 Å². The quantitative estimate of drug-likeness (QED) is 0.190. The van der Waals surface area contributed by atoms with Crippen molar-refractivity contribution in [3.63, 3.8) is 0 Å². The van der Waals surface area contributed by atoms with Gasteiger partial charge in [0.1, 0.15) is 5.01 Å². The number of nitrogens with one attached hydrogen (secondary N) is 2. The smallest absolute Gasteiger partial charge is 0.138 e. The van der Waals surface area contributed by atoms with Crippen molar-refractivity contribution in [1.29, 1.82) is 5.26 Å². The number of allylic oxidation sites excluding steroid dienone is 4. The lowest BCUT2D eigenvalue weighted by Crippen LogP contribution is -2.26. The SMILES string of the molecule is C=C/C(C#N)=C\C1=C(C)NNC1c1csc(C(=NC=C(C)C)C(C)CC)n1.CCC.CCC1CCSCC1. The highest BCUT2D eigenvalue weighted by molar-refractivity contribution is 7.99. The summed E-state index contributed by atoms with van der Waals surface area (Å²) in [5, 5.41) is 12.2. The van der Waals surface area contributed by atoms with Crippen molar-refractivity contribution in [3.05, 3.63) is 63.4 Å². The van der Waals surface area contributed by atoms with E-state index in [1.165, 1.54) is 37.2 Å². The largest absolute Gasteiger partial charge is 0.325 e. The summed E-state index contributed by atoms with van der Waals surface area (Å²) in [4.78, 5) is 9.57. The normalized spacial score (nSPS) is 18.8. The summed E-state index contributed by atoms with van der Waals surface area (Å²) in [6, 6.07) is 2.04. The molecule has 5 nitrogen and oxygen atoms in total. The van der Waals surface area contributed by atoms with Gasteiger partial charge in [-0.15, -0.1) is 11.3 Å². The Kier molecular flexibility index (Phi) is 16.9. The molecule has 2 aliphatic rings. The standard InChI is InChI=1S/C21H27N5S.C7H14S.C3H8/c1-7-14(5)19(23-11-13(3)4)21-24-18(12-27-21)20-17(15(6)25-26-20)9-16(8-2)10-22;1-2-7-3-5-8-6-4-7;1-3-2/h8-9,11-12,14,20,25-26H,2,7H2,1,3-6H3;7H,2-6H2,1H3;3H2,1-2H3/b16-9+,23-19?;;. The molecule has 3 heterocycles. The molecule has 1 aromatic rings. The topological polar surface area (TPSA) is 73.1 Å². The van der Waals surface area contributed by atoms with Gasteiger partial charge in [0.2, 0.25) is 0 Å². The number of aromatic nitrogens is 1. The Hall–Kier alpha value is -2.14. The van der Waals surface area contributed by atoms with Crippen LogP contribution in [0.5, 0.6) is 0 Å². The van der Waals surface area contributed by atoms with E-state index in [4.69, 9.17) is 9.98 Å². The van der Waals surface area contributed by atoms with Crippen molar-refractivity contribution in [3.8, 4) is 6.07 Å². The van der Waals surface area contributed by atoms with Crippen LogP contribution >= 0.6 is 23.1 Å². The summed E-state index contributed by atoms with van der Waals surface area (Å²) in [5.74, 6) is 4.23. The first-order valence-corrected chi connectivity index (χ1v) is 16.0. The molecule has 1 fully saturated rings. The van der Waals surface area contributed by atoms with E-state index in [1.807, 2.05) is 33.0 Å². The van der Waals surface area contributed by atoms with Gasteiger partial charge in [0.15, 0.2) is 0 Å². The van der Waals surface area contributed by atoms with Gasteiger partial charge in [-0.2, -0.15) is 17.0 Å². The zero-order valence-electron chi connectivity index (χ0n) is 24.9. The zero-order chi connectivity index (χ0) is 28.5.